The SMILES string of the molecule is [NH3+]C(=O)CN1c2ccccc2C2CCCC21. The Bertz CT molecular complexity index is 430. The van der Waals surface area contributed by atoms with Crippen LogP contribution in [0.5, 0.6) is 0 Å². The van der Waals surface area contributed by atoms with Crippen molar-refractivity contribution in [3.8, 4) is 0 Å². The van der Waals surface area contributed by atoms with Crippen LogP contribution in [-0.2, 0) is 4.79 Å². The fourth-order valence-electron chi connectivity index (χ4n) is 3.31. The zero-order valence-electron chi connectivity index (χ0n) is 9.36. The lowest BCUT2D eigenvalue weighted by atomic mass is 9.98. The Morgan fingerprint density at radius 1 is 1.38 bits per heavy atom. The molecule has 3 N–H and O–H groups in total. The topological polar surface area (TPSA) is 48.0 Å². The highest BCUT2D eigenvalue weighted by molar-refractivity contribution is 5.75. The van der Waals surface area contributed by atoms with Crippen molar-refractivity contribution in [1.82, 2.24) is 0 Å². The number of carbonyl (C=O) groups excluding carboxylic acids is 1. The third-order valence-electron chi connectivity index (χ3n) is 3.87. The number of fused-ring (bicyclic) bond motifs is 3. The number of anilines is 1. The first-order chi connectivity index (χ1) is 7.77. The minimum atomic E-state index is 0.0161. The molecule has 3 nitrogen and oxygen atoms in total. The van der Waals surface area contributed by atoms with Crippen LogP contribution < -0.4 is 10.6 Å². The van der Waals surface area contributed by atoms with Gasteiger partial charge in [0.05, 0.1) is 0 Å². The molecule has 1 aromatic carbocycles. The van der Waals surface area contributed by atoms with Gasteiger partial charge in [-0.15, -0.1) is 0 Å². The number of carbonyl (C=O) groups is 1. The fourth-order valence-corrected chi connectivity index (χ4v) is 3.31. The molecule has 0 aromatic heterocycles. The zero-order chi connectivity index (χ0) is 11.1. The molecule has 16 heavy (non-hydrogen) atoms. The van der Waals surface area contributed by atoms with Crippen LogP contribution in [0.2, 0.25) is 0 Å². The Hall–Kier alpha value is -1.35. The van der Waals surface area contributed by atoms with Gasteiger partial charge in [-0.1, -0.05) is 24.6 Å². The average Bonchev–Trinajstić information content (AvgIpc) is 2.82. The van der Waals surface area contributed by atoms with Gasteiger partial charge >= 0.3 is 5.91 Å². The second-order valence-electron chi connectivity index (χ2n) is 4.83. The number of rotatable bonds is 2. The van der Waals surface area contributed by atoms with E-state index in [4.69, 9.17) is 0 Å². The van der Waals surface area contributed by atoms with E-state index in [2.05, 4.69) is 34.9 Å². The van der Waals surface area contributed by atoms with Gasteiger partial charge in [0.25, 0.3) is 0 Å². The van der Waals surface area contributed by atoms with Crippen LogP contribution in [0.25, 0.3) is 0 Å². The zero-order valence-corrected chi connectivity index (χ0v) is 9.36. The van der Waals surface area contributed by atoms with Gasteiger partial charge in [-0.3, -0.25) is 5.73 Å². The van der Waals surface area contributed by atoms with E-state index in [1.165, 1.54) is 30.5 Å². The number of quaternary nitrogens is 1. The van der Waals surface area contributed by atoms with Crippen molar-refractivity contribution in [2.75, 3.05) is 11.4 Å². The standard InChI is InChI=1S/C13H16N2O/c14-13(16)8-15-11-6-2-1-4-9(11)10-5-3-7-12(10)15/h1-2,4,6,10,12H,3,5,7-8H2,(H2,14,16)/p+1. The van der Waals surface area contributed by atoms with E-state index in [9.17, 15) is 4.79 Å². The van der Waals surface area contributed by atoms with E-state index in [0.717, 1.165) is 0 Å². The fraction of sp³-hybridized carbons (Fsp3) is 0.462. The lowest BCUT2D eigenvalue weighted by Gasteiger charge is -2.24. The molecule has 1 saturated carbocycles. The predicted molar refractivity (Wildman–Crippen MR) is 62.1 cm³/mol. The molecule has 1 heterocycles. The lowest BCUT2D eigenvalue weighted by molar-refractivity contribution is -0.303. The van der Waals surface area contributed by atoms with Gasteiger partial charge in [-0.2, -0.15) is 0 Å². The maximum atomic E-state index is 11.2. The van der Waals surface area contributed by atoms with Crippen molar-refractivity contribution in [2.45, 2.75) is 31.2 Å². The minimum Gasteiger partial charge on any atom is -0.355 e. The number of amides is 1. The second kappa shape index (κ2) is 3.59. The maximum Gasteiger partial charge on any atom is 0.328 e. The molecule has 1 amide bonds. The van der Waals surface area contributed by atoms with E-state index in [0.29, 0.717) is 18.5 Å². The second-order valence-corrected chi connectivity index (χ2v) is 4.83. The van der Waals surface area contributed by atoms with Crippen LogP contribution in [-0.4, -0.2) is 18.5 Å². The molecule has 1 aliphatic carbocycles. The summed E-state index contributed by atoms with van der Waals surface area (Å²) in [6, 6.07) is 9.05. The van der Waals surface area contributed by atoms with Gasteiger partial charge < -0.3 is 4.90 Å². The Morgan fingerprint density at radius 3 is 3.00 bits per heavy atom. The number of hydrogen-bond acceptors (Lipinski definition) is 2. The Kier molecular flexibility index (Phi) is 2.21. The normalized spacial score (nSPS) is 26.7. The molecule has 2 atom stereocenters. The van der Waals surface area contributed by atoms with E-state index >= 15 is 0 Å². The van der Waals surface area contributed by atoms with Crippen molar-refractivity contribution in [3.05, 3.63) is 29.8 Å². The third-order valence-corrected chi connectivity index (χ3v) is 3.87. The Morgan fingerprint density at radius 2 is 2.19 bits per heavy atom. The Balaban J connectivity index is 2.01. The van der Waals surface area contributed by atoms with Crippen molar-refractivity contribution >= 4 is 11.6 Å². The first kappa shape index (κ1) is 9.85. The molecule has 2 aliphatic rings. The van der Waals surface area contributed by atoms with Crippen molar-refractivity contribution in [2.24, 2.45) is 0 Å². The molecule has 84 valence electrons. The van der Waals surface area contributed by atoms with E-state index in [1.54, 1.807) is 0 Å². The molecule has 0 saturated heterocycles. The third kappa shape index (κ3) is 1.35. The van der Waals surface area contributed by atoms with E-state index in [-0.39, 0.29) is 5.91 Å². The van der Waals surface area contributed by atoms with Crippen LogP contribution in [0.1, 0.15) is 30.7 Å². The average molecular weight is 217 g/mol. The molecule has 2 unspecified atom stereocenters. The summed E-state index contributed by atoms with van der Waals surface area (Å²) < 4.78 is 0. The summed E-state index contributed by atoms with van der Waals surface area (Å²) in [6.45, 7) is 0.470. The summed E-state index contributed by atoms with van der Waals surface area (Å²) in [5.74, 6) is 0.665. The van der Waals surface area contributed by atoms with Gasteiger partial charge in [0.15, 0.2) is 0 Å². The highest BCUT2D eigenvalue weighted by Gasteiger charge is 2.41. The Labute approximate surface area is 95.2 Å². The molecule has 0 spiro atoms. The highest BCUT2D eigenvalue weighted by Crippen LogP contribution is 2.48. The molecule has 1 fully saturated rings. The summed E-state index contributed by atoms with van der Waals surface area (Å²) in [5.41, 5.74) is 6.20. The maximum absolute atomic E-state index is 11.2. The summed E-state index contributed by atoms with van der Waals surface area (Å²) in [5, 5.41) is 0. The van der Waals surface area contributed by atoms with Crippen molar-refractivity contribution in [1.29, 1.82) is 0 Å². The van der Waals surface area contributed by atoms with E-state index in [1.807, 2.05) is 0 Å². The van der Waals surface area contributed by atoms with E-state index < -0.39 is 0 Å². The van der Waals surface area contributed by atoms with Gasteiger partial charge in [-0.05, 0) is 24.5 Å². The van der Waals surface area contributed by atoms with Gasteiger partial charge in [0.1, 0.15) is 6.54 Å². The molecule has 0 bridgehead atoms. The first-order valence-corrected chi connectivity index (χ1v) is 5.98. The molecule has 1 aromatic rings. The van der Waals surface area contributed by atoms with Gasteiger partial charge in [0.2, 0.25) is 0 Å². The summed E-state index contributed by atoms with van der Waals surface area (Å²) in [6.07, 6.45) is 3.77. The largest absolute Gasteiger partial charge is 0.355 e. The molecule has 0 radical (unpaired) electrons. The predicted octanol–water partition coefficient (Wildman–Crippen LogP) is 0.911. The molecule has 1 aliphatic heterocycles. The van der Waals surface area contributed by atoms with Gasteiger partial charge in [-0.25, -0.2) is 4.79 Å². The minimum absolute atomic E-state index is 0.0161. The van der Waals surface area contributed by atoms with Crippen molar-refractivity contribution < 1.29 is 10.5 Å². The first-order valence-electron chi connectivity index (χ1n) is 5.98. The number of para-hydroxylation sites is 1. The highest BCUT2D eigenvalue weighted by atomic mass is 16.1. The van der Waals surface area contributed by atoms with Crippen LogP contribution in [0.3, 0.4) is 0 Å². The van der Waals surface area contributed by atoms with Crippen LogP contribution in [0.4, 0.5) is 5.69 Å². The lowest BCUT2D eigenvalue weighted by Crippen LogP contribution is -2.62. The van der Waals surface area contributed by atoms with Crippen LogP contribution in [0, 0.1) is 0 Å². The van der Waals surface area contributed by atoms with Crippen LogP contribution >= 0.6 is 0 Å². The molecule has 3 rings (SSSR count). The number of benzene rings is 1. The summed E-state index contributed by atoms with van der Waals surface area (Å²) >= 11 is 0. The van der Waals surface area contributed by atoms with Crippen molar-refractivity contribution in [3.63, 3.8) is 0 Å². The monoisotopic (exact) mass is 217 g/mol. The summed E-state index contributed by atoms with van der Waals surface area (Å²) in [7, 11) is 0. The molecular weight excluding hydrogens is 200 g/mol. The van der Waals surface area contributed by atoms with Crippen LogP contribution in [0.15, 0.2) is 24.3 Å². The molecular formula is C13H17N2O+. The molecule has 3 heteroatoms. The quantitative estimate of drug-likeness (QED) is 0.800. The smallest absolute Gasteiger partial charge is 0.328 e. The number of hydrogen-bond donors (Lipinski definition) is 1. The number of nitrogens with zero attached hydrogens (tertiary/aromatic N) is 1. The van der Waals surface area contributed by atoms with Gasteiger partial charge in [0, 0.05) is 17.6 Å². The summed E-state index contributed by atoms with van der Waals surface area (Å²) in [4.78, 5) is 13.5.